The third-order valence-electron chi connectivity index (χ3n) is 3.33. The van der Waals surface area contributed by atoms with Gasteiger partial charge < -0.3 is 14.8 Å². The summed E-state index contributed by atoms with van der Waals surface area (Å²) < 4.78 is 11.4. The highest BCUT2D eigenvalue weighted by Crippen LogP contribution is 2.32. The van der Waals surface area contributed by atoms with Crippen LogP contribution in [0.5, 0.6) is 11.5 Å². The molecule has 1 heterocycles. The van der Waals surface area contributed by atoms with E-state index in [9.17, 15) is 4.79 Å². The number of rotatable bonds is 3. The maximum absolute atomic E-state index is 12.2. The lowest BCUT2D eigenvalue weighted by Crippen LogP contribution is -2.23. The van der Waals surface area contributed by atoms with Crippen LogP contribution in [0.2, 0.25) is 0 Å². The molecule has 0 unspecified atom stereocenters. The maximum Gasteiger partial charge on any atom is 0.252 e. The molecule has 0 radical (unpaired) electrons. The molecule has 1 aliphatic heterocycles. The first-order valence-electron chi connectivity index (χ1n) is 6.57. The van der Waals surface area contributed by atoms with Crippen molar-refractivity contribution in [2.24, 2.45) is 0 Å². The van der Waals surface area contributed by atoms with Crippen molar-refractivity contribution in [1.29, 1.82) is 0 Å². The number of nitrogens with one attached hydrogen (secondary N) is 1. The molecule has 1 aliphatic rings. The summed E-state index contributed by atoms with van der Waals surface area (Å²) in [6, 6.07) is 11.3. The van der Waals surface area contributed by atoms with Crippen molar-refractivity contribution in [1.82, 2.24) is 5.32 Å². The molecule has 4 nitrogen and oxygen atoms in total. The zero-order valence-corrected chi connectivity index (χ0v) is 13.1. The van der Waals surface area contributed by atoms with Gasteiger partial charge in [0, 0.05) is 11.0 Å². The number of benzene rings is 2. The molecular weight excluding hydrogens is 334 g/mol. The summed E-state index contributed by atoms with van der Waals surface area (Å²) in [6.07, 6.45) is 0. The third-order valence-corrected chi connectivity index (χ3v) is 4.38. The Balaban J connectivity index is 1.70. The number of aryl methyl sites for hydroxylation is 1. The van der Waals surface area contributed by atoms with Gasteiger partial charge >= 0.3 is 0 Å². The first-order valence-corrected chi connectivity index (χ1v) is 7.36. The number of ether oxygens (including phenoxy) is 2. The fraction of sp³-hybridized carbons (Fsp3) is 0.188. The topological polar surface area (TPSA) is 47.6 Å². The lowest BCUT2D eigenvalue weighted by atomic mass is 10.1. The van der Waals surface area contributed by atoms with Crippen LogP contribution in [-0.2, 0) is 6.54 Å². The summed E-state index contributed by atoms with van der Waals surface area (Å²) in [5.74, 6) is 1.35. The van der Waals surface area contributed by atoms with Gasteiger partial charge in [-0.15, -0.1) is 0 Å². The van der Waals surface area contributed by atoms with Crippen molar-refractivity contribution in [3.63, 3.8) is 0 Å². The normalized spacial score (nSPS) is 12.3. The molecule has 0 fully saturated rings. The Morgan fingerprint density at radius 3 is 2.90 bits per heavy atom. The van der Waals surface area contributed by atoms with Crippen LogP contribution in [0.25, 0.3) is 0 Å². The number of carbonyl (C=O) groups is 1. The van der Waals surface area contributed by atoms with Gasteiger partial charge in [0.15, 0.2) is 11.5 Å². The van der Waals surface area contributed by atoms with Crippen LogP contribution >= 0.6 is 15.9 Å². The van der Waals surface area contributed by atoms with Crippen LogP contribution in [0.15, 0.2) is 40.9 Å². The van der Waals surface area contributed by atoms with E-state index < -0.39 is 0 Å². The highest BCUT2D eigenvalue weighted by atomic mass is 79.9. The zero-order valence-electron chi connectivity index (χ0n) is 11.5. The monoisotopic (exact) mass is 347 g/mol. The van der Waals surface area contributed by atoms with E-state index >= 15 is 0 Å². The fourth-order valence-electron chi connectivity index (χ4n) is 2.15. The molecule has 21 heavy (non-hydrogen) atoms. The molecule has 2 aromatic rings. The molecule has 0 spiro atoms. The van der Waals surface area contributed by atoms with E-state index in [0.29, 0.717) is 12.1 Å². The largest absolute Gasteiger partial charge is 0.454 e. The summed E-state index contributed by atoms with van der Waals surface area (Å²) in [7, 11) is 0. The number of hydrogen-bond acceptors (Lipinski definition) is 3. The molecule has 0 aliphatic carbocycles. The first-order chi connectivity index (χ1) is 10.1. The van der Waals surface area contributed by atoms with E-state index in [-0.39, 0.29) is 12.7 Å². The number of halogens is 1. The predicted octanol–water partition coefficient (Wildman–Crippen LogP) is 3.42. The molecule has 3 rings (SSSR count). The molecular formula is C16H14BrNO3. The minimum Gasteiger partial charge on any atom is -0.454 e. The average molecular weight is 348 g/mol. The highest BCUT2D eigenvalue weighted by Gasteiger charge is 2.14. The van der Waals surface area contributed by atoms with Gasteiger partial charge in [-0.1, -0.05) is 18.2 Å². The van der Waals surface area contributed by atoms with Gasteiger partial charge in [-0.3, -0.25) is 4.79 Å². The smallest absolute Gasteiger partial charge is 0.252 e. The minimum atomic E-state index is -0.108. The van der Waals surface area contributed by atoms with Gasteiger partial charge in [0.1, 0.15) is 0 Å². The molecule has 0 atom stereocenters. The van der Waals surface area contributed by atoms with Gasteiger partial charge in [-0.05, 0) is 52.2 Å². The Hall–Kier alpha value is -2.01. The second-order valence-corrected chi connectivity index (χ2v) is 5.60. The molecule has 5 heteroatoms. The Kier molecular flexibility index (Phi) is 3.84. The molecule has 0 saturated carbocycles. The van der Waals surface area contributed by atoms with Crippen molar-refractivity contribution in [3.05, 3.63) is 57.6 Å². The molecule has 0 aromatic heterocycles. The first kappa shape index (κ1) is 13.9. The van der Waals surface area contributed by atoms with E-state index in [2.05, 4.69) is 21.2 Å². The van der Waals surface area contributed by atoms with Crippen molar-refractivity contribution in [3.8, 4) is 11.5 Å². The third kappa shape index (κ3) is 2.88. The lowest BCUT2D eigenvalue weighted by Gasteiger charge is -2.09. The second-order valence-electron chi connectivity index (χ2n) is 4.81. The van der Waals surface area contributed by atoms with Crippen molar-refractivity contribution >= 4 is 21.8 Å². The summed E-state index contributed by atoms with van der Waals surface area (Å²) in [6.45, 7) is 2.65. The van der Waals surface area contributed by atoms with Gasteiger partial charge in [0.05, 0.1) is 5.56 Å². The van der Waals surface area contributed by atoms with Crippen LogP contribution < -0.4 is 14.8 Å². The summed E-state index contributed by atoms with van der Waals surface area (Å²) in [4.78, 5) is 12.2. The van der Waals surface area contributed by atoms with Crippen molar-refractivity contribution < 1.29 is 14.3 Å². The Morgan fingerprint density at radius 2 is 2.05 bits per heavy atom. The number of amides is 1. The summed E-state index contributed by atoms with van der Waals surface area (Å²) >= 11 is 3.45. The van der Waals surface area contributed by atoms with Gasteiger partial charge in [0.25, 0.3) is 5.91 Å². The van der Waals surface area contributed by atoms with E-state index in [1.807, 2.05) is 37.3 Å². The number of carbonyl (C=O) groups excluding carboxylic acids is 1. The van der Waals surface area contributed by atoms with E-state index in [1.165, 1.54) is 0 Å². The Morgan fingerprint density at radius 1 is 1.24 bits per heavy atom. The van der Waals surface area contributed by atoms with E-state index in [0.717, 1.165) is 27.1 Å². The van der Waals surface area contributed by atoms with Crippen molar-refractivity contribution in [2.75, 3.05) is 6.79 Å². The van der Waals surface area contributed by atoms with Gasteiger partial charge in [0.2, 0.25) is 6.79 Å². The van der Waals surface area contributed by atoms with E-state index in [1.54, 1.807) is 6.07 Å². The Labute approximate surface area is 131 Å². The standard InChI is InChI=1S/C16H14BrNO3/c1-10-3-2-4-12(15(10)17)16(19)18-8-11-5-6-13-14(7-11)21-9-20-13/h2-7H,8-9H2,1H3,(H,18,19). The van der Waals surface area contributed by atoms with Crippen LogP contribution in [-0.4, -0.2) is 12.7 Å². The van der Waals surface area contributed by atoms with E-state index in [4.69, 9.17) is 9.47 Å². The number of hydrogen-bond donors (Lipinski definition) is 1. The molecule has 1 N–H and O–H groups in total. The van der Waals surface area contributed by atoms with Crippen LogP contribution in [0.3, 0.4) is 0 Å². The maximum atomic E-state index is 12.2. The summed E-state index contributed by atoms with van der Waals surface area (Å²) in [5.41, 5.74) is 2.64. The molecule has 0 saturated heterocycles. The highest BCUT2D eigenvalue weighted by molar-refractivity contribution is 9.10. The average Bonchev–Trinajstić information content (AvgIpc) is 2.95. The SMILES string of the molecule is Cc1cccc(C(=O)NCc2ccc3c(c2)OCO3)c1Br. The molecule has 0 bridgehead atoms. The lowest BCUT2D eigenvalue weighted by molar-refractivity contribution is 0.0950. The summed E-state index contributed by atoms with van der Waals surface area (Å²) in [5, 5.41) is 2.91. The molecule has 1 amide bonds. The van der Waals surface area contributed by atoms with Crippen LogP contribution in [0.1, 0.15) is 21.5 Å². The van der Waals surface area contributed by atoms with Crippen LogP contribution in [0, 0.1) is 6.92 Å². The number of fused-ring (bicyclic) bond motifs is 1. The van der Waals surface area contributed by atoms with Crippen molar-refractivity contribution in [2.45, 2.75) is 13.5 Å². The molecule has 2 aromatic carbocycles. The van der Waals surface area contributed by atoms with Gasteiger partial charge in [-0.2, -0.15) is 0 Å². The minimum absolute atomic E-state index is 0.108. The Bertz CT molecular complexity index is 700. The quantitative estimate of drug-likeness (QED) is 0.925. The van der Waals surface area contributed by atoms with Gasteiger partial charge in [-0.25, -0.2) is 0 Å². The fourth-order valence-corrected chi connectivity index (χ4v) is 2.60. The second kappa shape index (κ2) is 5.77. The zero-order chi connectivity index (χ0) is 14.8. The van der Waals surface area contributed by atoms with Crippen LogP contribution in [0.4, 0.5) is 0 Å². The predicted molar refractivity (Wildman–Crippen MR) is 82.6 cm³/mol. The molecule has 108 valence electrons.